The van der Waals surface area contributed by atoms with Crippen LogP contribution in [0.5, 0.6) is 0 Å². The van der Waals surface area contributed by atoms with Crippen LogP contribution in [0.2, 0.25) is 0 Å². The van der Waals surface area contributed by atoms with Gasteiger partial charge in [0.2, 0.25) is 17.7 Å². The van der Waals surface area contributed by atoms with E-state index in [1.807, 2.05) is 37.3 Å². The second kappa shape index (κ2) is 10.7. The van der Waals surface area contributed by atoms with Crippen LogP contribution in [0.25, 0.3) is 0 Å². The van der Waals surface area contributed by atoms with E-state index in [9.17, 15) is 19.5 Å². The number of nitrogens with one attached hydrogen (secondary N) is 2. The van der Waals surface area contributed by atoms with Gasteiger partial charge >= 0.3 is 0 Å². The molecule has 0 radical (unpaired) electrons. The zero-order chi connectivity index (χ0) is 25.1. The lowest BCUT2D eigenvalue weighted by atomic mass is 9.65. The number of hydrogen-bond acceptors (Lipinski definition) is 5. The average molecular weight is 486 g/mol. The molecule has 1 aromatic carbocycles. The summed E-state index contributed by atoms with van der Waals surface area (Å²) in [6.45, 7) is 5.38. The number of benzene rings is 1. The van der Waals surface area contributed by atoms with Crippen LogP contribution in [0, 0.1) is 11.8 Å². The highest BCUT2D eigenvalue weighted by Crippen LogP contribution is 2.64. The molecule has 2 bridgehead atoms. The summed E-state index contributed by atoms with van der Waals surface area (Å²) in [6, 6.07) is 8.94. The summed E-state index contributed by atoms with van der Waals surface area (Å²) < 4.78 is 6.72. The molecule has 3 aliphatic heterocycles. The van der Waals surface area contributed by atoms with Crippen molar-refractivity contribution < 1.29 is 24.2 Å². The molecule has 0 saturated carbocycles. The third kappa shape index (κ3) is 4.47. The van der Waals surface area contributed by atoms with Gasteiger partial charge in [0.25, 0.3) is 0 Å². The van der Waals surface area contributed by atoms with Crippen molar-refractivity contribution in [1.29, 1.82) is 0 Å². The predicted octanol–water partition coefficient (Wildman–Crippen LogP) is 2.15. The topological polar surface area (TPSA) is 108 Å². The van der Waals surface area contributed by atoms with E-state index in [0.29, 0.717) is 51.7 Å². The Labute approximate surface area is 207 Å². The molecule has 3 N–H and O–H groups in total. The first-order chi connectivity index (χ1) is 16.9. The second-order valence-corrected chi connectivity index (χ2v) is 10.1. The molecule has 8 nitrogen and oxygen atoms in total. The first kappa shape index (κ1) is 25.6. The van der Waals surface area contributed by atoms with Crippen LogP contribution in [0.15, 0.2) is 30.3 Å². The summed E-state index contributed by atoms with van der Waals surface area (Å²) in [6.07, 6.45) is 4.80. The van der Waals surface area contributed by atoms with Crippen molar-refractivity contribution in [3.05, 3.63) is 35.9 Å². The smallest absolute Gasteiger partial charge is 0.245 e. The van der Waals surface area contributed by atoms with Gasteiger partial charge in [0.05, 0.1) is 17.4 Å². The van der Waals surface area contributed by atoms with E-state index in [-0.39, 0.29) is 24.3 Å². The van der Waals surface area contributed by atoms with Crippen LogP contribution < -0.4 is 10.6 Å². The van der Waals surface area contributed by atoms with Gasteiger partial charge in [-0.25, -0.2) is 0 Å². The molecule has 1 spiro atoms. The summed E-state index contributed by atoms with van der Waals surface area (Å²) in [4.78, 5) is 42.6. The molecule has 3 heterocycles. The molecule has 2 unspecified atom stereocenters. The number of fused-ring (bicyclic) bond motifs is 1. The highest BCUT2D eigenvalue weighted by molar-refractivity contribution is 5.99. The van der Waals surface area contributed by atoms with Crippen molar-refractivity contribution in [2.24, 2.45) is 11.8 Å². The maximum Gasteiger partial charge on any atom is 0.245 e. The van der Waals surface area contributed by atoms with E-state index in [4.69, 9.17) is 4.74 Å². The van der Waals surface area contributed by atoms with Crippen molar-refractivity contribution in [1.82, 2.24) is 15.5 Å². The first-order valence-electron chi connectivity index (χ1n) is 13.1. The minimum atomic E-state index is -0.989. The average Bonchev–Trinajstić information content (AvgIpc) is 3.47. The van der Waals surface area contributed by atoms with Gasteiger partial charge in [0.1, 0.15) is 11.6 Å². The minimum absolute atomic E-state index is 0.0317. The molecule has 3 fully saturated rings. The number of amides is 3. The Morgan fingerprint density at radius 3 is 2.54 bits per heavy atom. The van der Waals surface area contributed by atoms with Crippen LogP contribution in [-0.4, -0.2) is 64.7 Å². The van der Waals surface area contributed by atoms with Crippen molar-refractivity contribution in [2.75, 3.05) is 19.7 Å². The molecule has 192 valence electrons. The first-order valence-corrected chi connectivity index (χ1v) is 13.1. The second-order valence-electron chi connectivity index (χ2n) is 10.1. The van der Waals surface area contributed by atoms with Crippen molar-refractivity contribution in [3.63, 3.8) is 0 Å². The monoisotopic (exact) mass is 485 g/mol. The minimum Gasteiger partial charge on any atom is -0.396 e. The number of carbonyl (C=O) groups is 3. The number of ether oxygens (including phenoxy) is 1. The van der Waals surface area contributed by atoms with Crippen LogP contribution in [0.4, 0.5) is 0 Å². The molecule has 35 heavy (non-hydrogen) atoms. The number of unbranched alkanes of at least 4 members (excludes halogenated alkanes) is 2. The molecule has 0 aromatic heterocycles. The Hall–Kier alpha value is -2.45. The number of hydrogen-bond donors (Lipinski definition) is 3. The quantitative estimate of drug-likeness (QED) is 0.393. The summed E-state index contributed by atoms with van der Waals surface area (Å²) in [5.74, 6) is -1.86. The number of rotatable bonds is 12. The zero-order valence-corrected chi connectivity index (χ0v) is 20.9. The fourth-order valence-electron chi connectivity index (χ4n) is 6.43. The van der Waals surface area contributed by atoms with Gasteiger partial charge in [-0.3, -0.25) is 14.4 Å². The highest BCUT2D eigenvalue weighted by atomic mass is 16.5. The Bertz CT molecular complexity index is 925. The summed E-state index contributed by atoms with van der Waals surface area (Å²) in [7, 11) is 0. The van der Waals surface area contributed by atoms with E-state index in [2.05, 4.69) is 17.6 Å². The Kier molecular flexibility index (Phi) is 7.81. The molecule has 0 aliphatic carbocycles. The number of nitrogens with zero attached hydrogens (tertiary/aromatic N) is 1. The zero-order valence-electron chi connectivity index (χ0n) is 20.9. The number of carbonyl (C=O) groups excluding carboxylic acids is 3. The summed E-state index contributed by atoms with van der Waals surface area (Å²) in [5, 5.41) is 15.3. The summed E-state index contributed by atoms with van der Waals surface area (Å²) >= 11 is 0. The molecule has 3 amide bonds. The van der Waals surface area contributed by atoms with E-state index in [0.717, 1.165) is 18.4 Å². The molecule has 5 atom stereocenters. The highest BCUT2D eigenvalue weighted by Gasteiger charge is 2.78. The molecule has 8 heteroatoms. The molecule has 3 saturated heterocycles. The van der Waals surface area contributed by atoms with Gasteiger partial charge in [-0.15, -0.1) is 0 Å². The molecular formula is C27H39N3O5. The van der Waals surface area contributed by atoms with E-state index in [1.165, 1.54) is 0 Å². The molecule has 4 rings (SSSR count). The van der Waals surface area contributed by atoms with Crippen molar-refractivity contribution in [2.45, 2.75) is 82.6 Å². The third-order valence-corrected chi connectivity index (χ3v) is 8.16. The number of likely N-dealkylation sites (tertiary alicyclic amines) is 1. The molecule has 1 aromatic rings. The van der Waals surface area contributed by atoms with Crippen LogP contribution in [0.1, 0.15) is 64.4 Å². The Morgan fingerprint density at radius 1 is 1.09 bits per heavy atom. The maximum atomic E-state index is 13.9. The predicted molar refractivity (Wildman–Crippen MR) is 131 cm³/mol. The van der Waals surface area contributed by atoms with E-state index >= 15 is 0 Å². The van der Waals surface area contributed by atoms with Gasteiger partial charge < -0.3 is 25.4 Å². The lowest BCUT2D eigenvalue weighted by molar-refractivity contribution is -0.147. The van der Waals surface area contributed by atoms with Gasteiger partial charge in [-0.1, -0.05) is 50.6 Å². The van der Waals surface area contributed by atoms with Crippen LogP contribution in [0.3, 0.4) is 0 Å². The SMILES string of the molecule is CCCCNC(=O)C1N(CCCCO)C(=O)[C@@H]2[C@@H](C(=O)NCc3ccccc3)[C@@]3(CC)CCC12O3. The number of aliphatic hydroxyl groups excluding tert-OH is 1. The van der Waals surface area contributed by atoms with Crippen molar-refractivity contribution in [3.8, 4) is 0 Å². The summed E-state index contributed by atoms with van der Waals surface area (Å²) in [5.41, 5.74) is -0.737. The Morgan fingerprint density at radius 2 is 1.86 bits per heavy atom. The fraction of sp³-hybridized carbons (Fsp3) is 0.667. The van der Waals surface area contributed by atoms with Gasteiger partial charge in [-0.05, 0) is 44.1 Å². The third-order valence-electron chi connectivity index (χ3n) is 8.16. The fourth-order valence-corrected chi connectivity index (χ4v) is 6.43. The standard InChI is InChI=1S/C27H39N3O5/c1-3-5-15-28-24(33)22-27-14-13-26(4-2,35-27)20(21(27)25(34)30(22)16-9-10-17-31)23(32)29-18-19-11-7-6-8-12-19/h6-8,11-12,20-22,31H,3-5,9-10,13-18H2,1-2H3,(H,28,33)(H,29,32)/t20-,21-,22?,26+,27?/m0/s1. The van der Waals surface area contributed by atoms with Gasteiger partial charge in [0, 0.05) is 26.2 Å². The van der Waals surface area contributed by atoms with Gasteiger partial charge in [-0.2, -0.15) is 0 Å². The molecule has 3 aliphatic rings. The van der Waals surface area contributed by atoms with Crippen LogP contribution >= 0.6 is 0 Å². The lowest BCUT2D eigenvalue weighted by Gasteiger charge is -2.34. The van der Waals surface area contributed by atoms with E-state index in [1.54, 1.807) is 4.90 Å². The largest absolute Gasteiger partial charge is 0.396 e. The number of aliphatic hydroxyl groups is 1. The maximum absolute atomic E-state index is 13.9. The molecular weight excluding hydrogens is 446 g/mol. The van der Waals surface area contributed by atoms with Crippen LogP contribution in [-0.2, 0) is 25.7 Å². The Balaban J connectivity index is 1.62. The van der Waals surface area contributed by atoms with Gasteiger partial charge in [0.15, 0.2) is 0 Å². The normalized spacial score (nSPS) is 31.0. The lowest BCUT2D eigenvalue weighted by Crippen LogP contribution is -2.55. The van der Waals surface area contributed by atoms with E-state index < -0.39 is 29.1 Å². The van der Waals surface area contributed by atoms with Crippen molar-refractivity contribution >= 4 is 17.7 Å².